The van der Waals surface area contributed by atoms with Gasteiger partial charge in [-0.3, -0.25) is 0 Å². The number of hydrogen-bond acceptors (Lipinski definition) is 2. The van der Waals surface area contributed by atoms with Crippen LogP contribution in [0.2, 0.25) is 10.0 Å². The Balaban J connectivity index is 2.24. The van der Waals surface area contributed by atoms with Crippen LogP contribution in [0.1, 0.15) is 17.8 Å². The highest BCUT2D eigenvalue weighted by molar-refractivity contribution is 9.11. The Hall–Kier alpha value is -0.290. The molecule has 0 radical (unpaired) electrons. The topological polar surface area (TPSA) is 12.0 Å². The summed E-state index contributed by atoms with van der Waals surface area (Å²) in [7, 11) is 0. The largest absolute Gasteiger partial charge is 0.375 e. The molecule has 0 aliphatic carbocycles. The molecule has 0 spiro atoms. The number of rotatable bonds is 3. The molecule has 0 aliphatic rings. The van der Waals surface area contributed by atoms with Crippen molar-refractivity contribution in [2.24, 2.45) is 0 Å². The van der Waals surface area contributed by atoms with E-state index in [9.17, 15) is 4.39 Å². The van der Waals surface area contributed by atoms with E-state index in [1.54, 1.807) is 11.3 Å². The van der Waals surface area contributed by atoms with Crippen molar-refractivity contribution >= 4 is 56.2 Å². The molecule has 18 heavy (non-hydrogen) atoms. The minimum atomic E-state index is -0.443. The molecule has 0 fully saturated rings. The molecule has 0 bridgehead atoms. The normalized spacial score (nSPS) is 12.5. The number of halogens is 4. The second-order valence-electron chi connectivity index (χ2n) is 3.75. The lowest BCUT2D eigenvalue weighted by Crippen LogP contribution is -2.06. The van der Waals surface area contributed by atoms with Crippen LogP contribution in [-0.4, -0.2) is 0 Å². The highest BCUT2D eigenvalue weighted by Crippen LogP contribution is 2.35. The summed E-state index contributed by atoms with van der Waals surface area (Å²) in [6, 6.07) is 6.52. The summed E-state index contributed by atoms with van der Waals surface area (Å²) in [6.45, 7) is 1.99. The van der Waals surface area contributed by atoms with Gasteiger partial charge >= 0.3 is 0 Å². The summed E-state index contributed by atoms with van der Waals surface area (Å²) in [5.41, 5.74) is 0.553. The predicted octanol–water partition coefficient (Wildman–Crippen LogP) is 6.13. The van der Waals surface area contributed by atoms with Gasteiger partial charge in [0.2, 0.25) is 0 Å². The van der Waals surface area contributed by atoms with Gasteiger partial charge in [0.25, 0.3) is 0 Å². The molecule has 1 aromatic heterocycles. The molecule has 2 rings (SSSR count). The smallest absolute Gasteiger partial charge is 0.126 e. The number of thiophene rings is 1. The van der Waals surface area contributed by atoms with Crippen LogP contribution in [-0.2, 0) is 0 Å². The maximum absolute atomic E-state index is 13.1. The third-order valence-electron chi connectivity index (χ3n) is 2.39. The van der Waals surface area contributed by atoms with Crippen LogP contribution in [0.25, 0.3) is 0 Å². The molecule has 0 aliphatic heterocycles. The molecular formula is C12H9BrCl2FNS. The summed E-state index contributed by atoms with van der Waals surface area (Å²) in [5.74, 6) is -0.443. The molecular weight excluding hydrogens is 360 g/mol. The van der Waals surface area contributed by atoms with Crippen molar-refractivity contribution in [1.82, 2.24) is 0 Å². The van der Waals surface area contributed by atoms with Crippen molar-refractivity contribution in [2.75, 3.05) is 5.32 Å². The zero-order valence-electron chi connectivity index (χ0n) is 9.31. The molecule has 1 heterocycles. The van der Waals surface area contributed by atoms with E-state index in [-0.39, 0.29) is 16.1 Å². The first-order valence-electron chi connectivity index (χ1n) is 5.13. The van der Waals surface area contributed by atoms with Crippen molar-refractivity contribution in [1.29, 1.82) is 0 Å². The van der Waals surface area contributed by atoms with Crippen molar-refractivity contribution in [3.63, 3.8) is 0 Å². The third kappa shape index (κ3) is 3.18. The Labute approximate surface area is 127 Å². The van der Waals surface area contributed by atoms with Crippen LogP contribution in [0.3, 0.4) is 0 Å². The zero-order valence-corrected chi connectivity index (χ0v) is 13.2. The van der Waals surface area contributed by atoms with Crippen molar-refractivity contribution < 1.29 is 4.39 Å². The van der Waals surface area contributed by atoms with Gasteiger partial charge in [-0.2, -0.15) is 0 Å². The Morgan fingerprint density at radius 1 is 1.28 bits per heavy atom. The van der Waals surface area contributed by atoms with Gasteiger partial charge in [0.15, 0.2) is 0 Å². The molecule has 1 nitrogen and oxygen atoms in total. The second-order valence-corrected chi connectivity index (χ2v) is 7.06. The number of benzene rings is 1. The lowest BCUT2D eigenvalue weighted by atomic mass is 10.2. The van der Waals surface area contributed by atoms with Gasteiger partial charge in [-0.15, -0.1) is 11.3 Å². The highest BCUT2D eigenvalue weighted by atomic mass is 79.9. The van der Waals surface area contributed by atoms with Gasteiger partial charge in [0, 0.05) is 4.88 Å². The summed E-state index contributed by atoms with van der Waals surface area (Å²) < 4.78 is 14.1. The quantitative estimate of drug-likeness (QED) is 0.687. The molecule has 0 saturated carbocycles. The van der Waals surface area contributed by atoms with E-state index >= 15 is 0 Å². The first kappa shape index (κ1) is 14.1. The predicted molar refractivity (Wildman–Crippen MR) is 80.5 cm³/mol. The van der Waals surface area contributed by atoms with Gasteiger partial charge < -0.3 is 5.32 Å². The Kier molecular flexibility index (Phi) is 4.54. The summed E-state index contributed by atoms with van der Waals surface area (Å²) in [5, 5.41) is 3.75. The van der Waals surface area contributed by atoms with Crippen LogP contribution >= 0.6 is 50.5 Å². The van der Waals surface area contributed by atoms with E-state index in [2.05, 4.69) is 21.2 Å². The highest BCUT2D eigenvalue weighted by Gasteiger charge is 2.13. The van der Waals surface area contributed by atoms with Crippen LogP contribution < -0.4 is 5.32 Å². The lowest BCUT2D eigenvalue weighted by molar-refractivity contribution is 0.628. The van der Waals surface area contributed by atoms with Crippen LogP contribution in [0.5, 0.6) is 0 Å². The molecule has 0 saturated heterocycles. The lowest BCUT2D eigenvalue weighted by Gasteiger charge is -2.16. The van der Waals surface area contributed by atoms with E-state index in [1.165, 1.54) is 12.1 Å². The van der Waals surface area contributed by atoms with Gasteiger partial charge in [-0.1, -0.05) is 23.2 Å². The van der Waals surface area contributed by atoms with E-state index in [0.29, 0.717) is 5.69 Å². The minimum Gasteiger partial charge on any atom is -0.375 e. The van der Waals surface area contributed by atoms with E-state index in [1.807, 2.05) is 19.1 Å². The fraction of sp³-hybridized carbons (Fsp3) is 0.167. The molecule has 1 N–H and O–H groups in total. The van der Waals surface area contributed by atoms with Crippen molar-refractivity contribution in [3.8, 4) is 0 Å². The van der Waals surface area contributed by atoms with E-state index < -0.39 is 5.82 Å². The fourth-order valence-electron chi connectivity index (χ4n) is 1.53. The van der Waals surface area contributed by atoms with Crippen molar-refractivity contribution in [2.45, 2.75) is 13.0 Å². The second kappa shape index (κ2) is 5.78. The van der Waals surface area contributed by atoms with E-state index in [4.69, 9.17) is 23.2 Å². The molecule has 1 atom stereocenters. The first-order valence-corrected chi connectivity index (χ1v) is 7.50. The standard InChI is InChI=1S/C12H9BrCl2FNS/c1-6(10-2-3-11(13)18-10)17-12-8(14)4-7(16)5-9(12)15/h2-6,17H,1H3. The molecule has 1 unspecified atom stereocenters. The Morgan fingerprint density at radius 3 is 2.39 bits per heavy atom. The average molecular weight is 369 g/mol. The van der Waals surface area contributed by atoms with Crippen molar-refractivity contribution in [3.05, 3.63) is 48.8 Å². The summed E-state index contributed by atoms with van der Waals surface area (Å²) >= 11 is 17.0. The zero-order chi connectivity index (χ0) is 13.3. The monoisotopic (exact) mass is 367 g/mol. The minimum absolute atomic E-state index is 0.0433. The number of anilines is 1. The molecule has 1 aromatic carbocycles. The third-order valence-corrected chi connectivity index (χ3v) is 4.79. The number of hydrogen-bond donors (Lipinski definition) is 1. The van der Waals surface area contributed by atoms with Gasteiger partial charge in [-0.05, 0) is 47.1 Å². The van der Waals surface area contributed by atoms with Gasteiger partial charge in [0.05, 0.1) is 25.6 Å². The van der Waals surface area contributed by atoms with Gasteiger partial charge in [-0.25, -0.2) is 4.39 Å². The van der Waals surface area contributed by atoms with Crippen LogP contribution in [0.4, 0.5) is 10.1 Å². The van der Waals surface area contributed by atoms with Gasteiger partial charge in [0.1, 0.15) is 5.82 Å². The Morgan fingerprint density at radius 2 is 1.89 bits per heavy atom. The fourth-order valence-corrected chi connectivity index (χ4v) is 3.52. The van der Waals surface area contributed by atoms with E-state index in [0.717, 1.165) is 8.66 Å². The maximum Gasteiger partial charge on any atom is 0.126 e. The average Bonchev–Trinajstić information content (AvgIpc) is 2.70. The SMILES string of the molecule is CC(Nc1c(Cl)cc(F)cc1Cl)c1ccc(Br)s1. The maximum atomic E-state index is 13.1. The summed E-state index contributed by atoms with van der Waals surface area (Å²) in [4.78, 5) is 1.14. The molecule has 0 amide bonds. The first-order chi connectivity index (χ1) is 8.47. The number of nitrogens with one attached hydrogen (secondary N) is 1. The van der Waals surface area contributed by atoms with Crippen LogP contribution in [0, 0.1) is 5.82 Å². The molecule has 2 aromatic rings. The van der Waals surface area contributed by atoms with Crippen LogP contribution in [0.15, 0.2) is 28.1 Å². The molecule has 96 valence electrons. The Bertz CT molecular complexity index is 550. The molecule has 6 heteroatoms. The summed E-state index contributed by atoms with van der Waals surface area (Å²) in [6.07, 6.45) is 0.